The van der Waals surface area contributed by atoms with Gasteiger partial charge < -0.3 is 4.74 Å². The second-order valence-corrected chi connectivity index (χ2v) is 5.15. The minimum atomic E-state index is -0.536. The summed E-state index contributed by atoms with van der Waals surface area (Å²) in [6.45, 7) is 12.9. The van der Waals surface area contributed by atoms with Crippen LogP contribution in [0.1, 0.15) is 26.3 Å². The predicted molar refractivity (Wildman–Crippen MR) is 79.3 cm³/mol. The van der Waals surface area contributed by atoms with Gasteiger partial charge in [-0.05, 0) is 38.8 Å². The molecular weight excluding hydrogens is 238 g/mol. The molecule has 0 bridgehead atoms. The molecule has 0 radical (unpaired) electrons. The first-order valence-corrected chi connectivity index (χ1v) is 6.22. The van der Waals surface area contributed by atoms with Crippen LogP contribution in [-0.4, -0.2) is 11.7 Å². The van der Waals surface area contributed by atoms with Gasteiger partial charge in [0, 0.05) is 6.20 Å². The van der Waals surface area contributed by atoms with Gasteiger partial charge in [0.15, 0.2) is 0 Å². The van der Waals surface area contributed by atoms with Crippen LogP contribution in [0.4, 0.5) is 10.5 Å². The molecule has 0 unspecified atom stereocenters. The number of para-hydroxylation sites is 1. The van der Waals surface area contributed by atoms with Gasteiger partial charge in [0.1, 0.15) is 5.60 Å². The monoisotopic (exact) mass is 259 g/mol. The number of rotatable bonds is 4. The molecule has 3 nitrogen and oxygen atoms in total. The first-order chi connectivity index (χ1) is 8.89. The highest BCUT2D eigenvalue weighted by atomic mass is 16.6. The second kappa shape index (κ2) is 6.23. The Kier molecular flexibility index (Phi) is 4.93. The van der Waals surface area contributed by atoms with Crippen LogP contribution < -0.4 is 4.90 Å². The number of nitrogens with zero attached hydrogens (tertiary/aromatic N) is 1. The summed E-state index contributed by atoms with van der Waals surface area (Å²) in [6.07, 6.45) is 3.52. The Morgan fingerprint density at radius 3 is 2.47 bits per heavy atom. The van der Waals surface area contributed by atoms with Crippen molar-refractivity contribution in [2.24, 2.45) is 0 Å². The average molecular weight is 259 g/mol. The van der Waals surface area contributed by atoms with Crippen molar-refractivity contribution in [3.63, 3.8) is 0 Å². The zero-order valence-corrected chi connectivity index (χ0v) is 11.8. The topological polar surface area (TPSA) is 29.5 Å². The van der Waals surface area contributed by atoms with Crippen LogP contribution >= 0.6 is 0 Å². The molecule has 0 aliphatic heterocycles. The molecule has 102 valence electrons. The molecule has 0 aromatic heterocycles. The van der Waals surface area contributed by atoms with Crippen LogP contribution in [0.5, 0.6) is 0 Å². The van der Waals surface area contributed by atoms with Crippen molar-refractivity contribution in [3.8, 4) is 0 Å². The molecule has 1 rings (SSSR count). The Morgan fingerprint density at radius 2 is 1.95 bits per heavy atom. The highest BCUT2D eigenvalue weighted by molar-refractivity contribution is 5.90. The minimum Gasteiger partial charge on any atom is -0.443 e. The molecule has 0 heterocycles. The van der Waals surface area contributed by atoms with Gasteiger partial charge in [0.25, 0.3) is 0 Å². The maximum atomic E-state index is 12.2. The Bertz CT molecular complexity index is 472. The number of carbonyl (C=O) groups is 1. The summed E-state index contributed by atoms with van der Waals surface area (Å²) < 4.78 is 5.37. The summed E-state index contributed by atoms with van der Waals surface area (Å²) in [5, 5.41) is 0. The summed E-state index contributed by atoms with van der Waals surface area (Å²) in [6, 6.07) is 7.63. The zero-order valence-electron chi connectivity index (χ0n) is 11.8. The number of allylic oxidation sites excluding steroid dienone is 1. The van der Waals surface area contributed by atoms with Crippen molar-refractivity contribution in [1.29, 1.82) is 0 Å². The summed E-state index contributed by atoms with van der Waals surface area (Å²) >= 11 is 0. The van der Waals surface area contributed by atoms with Gasteiger partial charge in [-0.1, -0.05) is 30.9 Å². The third-order valence-corrected chi connectivity index (χ3v) is 2.39. The summed E-state index contributed by atoms with van der Waals surface area (Å²) in [5.41, 5.74) is 1.24. The van der Waals surface area contributed by atoms with Gasteiger partial charge in [-0.15, -0.1) is 6.58 Å². The van der Waals surface area contributed by atoms with Crippen molar-refractivity contribution >= 4 is 11.8 Å². The number of carbonyl (C=O) groups excluding carboxylic acids is 1. The lowest BCUT2D eigenvalue weighted by Crippen LogP contribution is -2.33. The molecule has 1 aromatic carbocycles. The van der Waals surface area contributed by atoms with Crippen LogP contribution in [0, 0.1) is 0 Å². The molecule has 0 saturated heterocycles. The van der Waals surface area contributed by atoms with E-state index in [1.807, 2.05) is 45.0 Å². The number of hydrogen-bond donors (Lipinski definition) is 0. The molecule has 0 fully saturated rings. The van der Waals surface area contributed by atoms with Crippen LogP contribution in [-0.2, 0) is 11.2 Å². The normalized spacial score (nSPS) is 10.7. The van der Waals surface area contributed by atoms with E-state index in [1.165, 1.54) is 11.1 Å². The SMILES string of the molecule is C=CCc1ccccc1N(C=C)C(=O)OC(C)(C)C. The molecular formula is C16H21NO2. The average Bonchev–Trinajstić information content (AvgIpc) is 2.30. The van der Waals surface area contributed by atoms with Gasteiger partial charge >= 0.3 is 6.09 Å². The Labute approximate surface area is 115 Å². The van der Waals surface area contributed by atoms with E-state index < -0.39 is 11.7 Å². The van der Waals surface area contributed by atoms with Gasteiger partial charge in [0.2, 0.25) is 0 Å². The molecule has 1 amide bonds. The summed E-state index contributed by atoms with van der Waals surface area (Å²) in [7, 11) is 0. The van der Waals surface area contributed by atoms with Gasteiger partial charge in [0.05, 0.1) is 5.69 Å². The number of anilines is 1. The van der Waals surface area contributed by atoms with Crippen molar-refractivity contribution in [2.75, 3.05) is 4.90 Å². The molecule has 3 heteroatoms. The molecule has 0 saturated carbocycles. The number of benzene rings is 1. The molecule has 1 aromatic rings. The number of ether oxygens (including phenoxy) is 1. The van der Waals surface area contributed by atoms with Gasteiger partial charge in [-0.3, -0.25) is 4.90 Å². The smallest absolute Gasteiger partial charge is 0.418 e. The van der Waals surface area contributed by atoms with Crippen LogP contribution in [0.15, 0.2) is 49.7 Å². The lowest BCUT2D eigenvalue weighted by atomic mass is 10.1. The van der Waals surface area contributed by atoms with Crippen LogP contribution in [0.2, 0.25) is 0 Å². The zero-order chi connectivity index (χ0) is 14.5. The van der Waals surface area contributed by atoms with Gasteiger partial charge in [-0.2, -0.15) is 0 Å². The van der Waals surface area contributed by atoms with E-state index in [9.17, 15) is 4.79 Å². The van der Waals surface area contributed by atoms with Gasteiger partial charge in [-0.25, -0.2) is 4.79 Å². The second-order valence-electron chi connectivity index (χ2n) is 5.15. The molecule has 0 aliphatic carbocycles. The molecule has 0 N–H and O–H groups in total. The fraction of sp³-hybridized carbons (Fsp3) is 0.312. The quantitative estimate of drug-likeness (QED) is 0.754. The maximum absolute atomic E-state index is 12.2. The molecule has 0 atom stereocenters. The van der Waals surface area contributed by atoms with E-state index in [0.717, 1.165) is 11.3 Å². The number of hydrogen-bond acceptors (Lipinski definition) is 2. The van der Waals surface area contributed by atoms with Crippen LogP contribution in [0.3, 0.4) is 0 Å². The fourth-order valence-electron chi connectivity index (χ4n) is 1.66. The van der Waals surface area contributed by atoms with Crippen molar-refractivity contribution in [1.82, 2.24) is 0 Å². The Hall–Kier alpha value is -2.03. The lowest BCUT2D eigenvalue weighted by molar-refractivity contribution is 0.0596. The largest absolute Gasteiger partial charge is 0.443 e. The Balaban J connectivity index is 3.06. The lowest BCUT2D eigenvalue weighted by Gasteiger charge is -2.26. The summed E-state index contributed by atoms with van der Waals surface area (Å²) in [4.78, 5) is 13.6. The van der Waals surface area contributed by atoms with Crippen molar-refractivity contribution in [2.45, 2.75) is 32.8 Å². The van der Waals surface area contributed by atoms with E-state index in [1.54, 1.807) is 6.08 Å². The van der Waals surface area contributed by atoms with E-state index >= 15 is 0 Å². The maximum Gasteiger partial charge on any atom is 0.418 e. The first kappa shape index (κ1) is 15.0. The van der Waals surface area contributed by atoms with Crippen molar-refractivity contribution < 1.29 is 9.53 Å². The molecule has 19 heavy (non-hydrogen) atoms. The van der Waals surface area contributed by atoms with E-state index in [2.05, 4.69) is 13.2 Å². The highest BCUT2D eigenvalue weighted by Crippen LogP contribution is 2.23. The number of amides is 1. The Morgan fingerprint density at radius 1 is 1.32 bits per heavy atom. The minimum absolute atomic E-state index is 0.431. The van der Waals surface area contributed by atoms with E-state index in [-0.39, 0.29) is 0 Å². The third-order valence-electron chi connectivity index (χ3n) is 2.39. The molecule has 0 spiro atoms. The standard InChI is InChI=1S/C16H21NO2/c1-6-10-13-11-8-9-12-14(13)17(7-2)15(18)19-16(3,4)5/h6-9,11-12H,1-2,10H2,3-5H3. The third kappa shape index (κ3) is 4.28. The predicted octanol–water partition coefficient (Wildman–Crippen LogP) is 4.30. The van der Waals surface area contributed by atoms with Crippen molar-refractivity contribution in [3.05, 3.63) is 55.3 Å². The van der Waals surface area contributed by atoms with Crippen LogP contribution in [0.25, 0.3) is 0 Å². The highest BCUT2D eigenvalue weighted by Gasteiger charge is 2.22. The van der Waals surface area contributed by atoms with E-state index in [4.69, 9.17) is 4.74 Å². The fourth-order valence-corrected chi connectivity index (χ4v) is 1.66. The molecule has 0 aliphatic rings. The van der Waals surface area contributed by atoms with E-state index in [0.29, 0.717) is 6.42 Å². The summed E-state index contributed by atoms with van der Waals surface area (Å²) in [5.74, 6) is 0. The first-order valence-electron chi connectivity index (χ1n) is 6.22.